The van der Waals surface area contributed by atoms with Crippen LogP contribution in [0, 0.1) is 0 Å². The Morgan fingerprint density at radius 3 is 1.53 bits per heavy atom. The lowest BCUT2D eigenvalue weighted by Crippen LogP contribution is -2.18. The molecule has 2 atom stereocenters. The topological polar surface area (TPSA) is 115 Å². The van der Waals surface area contributed by atoms with Crippen LogP contribution in [0.1, 0.15) is 46.0 Å². The van der Waals surface area contributed by atoms with Crippen LogP contribution >= 0.6 is 0 Å². The third kappa shape index (κ3) is 12.8. The van der Waals surface area contributed by atoms with Gasteiger partial charge in [0.2, 0.25) is 0 Å². The normalized spacial score (nSPS) is 13.2. The fraction of sp³-hybridized carbons (Fsp3) is 0.818. The lowest BCUT2D eigenvalue weighted by atomic mass is 10.2. The van der Waals surface area contributed by atoms with Crippen molar-refractivity contribution >= 4 is 11.9 Å². The van der Waals surface area contributed by atoms with E-state index in [-0.39, 0.29) is 0 Å². The van der Waals surface area contributed by atoms with Gasteiger partial charge in [0.05, 0.1) is 0 Å². The van der Waals surface area contributed by atoms with Crippen LogP contribution in [-0.2, 0) is 9.59 Å². The molecule has 0 radical (unpaired) electrons. The first-order valence-corrected chi connectivity index (χ1v) is 5.68. The summed E-state index contributed by atoms with van der Waals surface area (Å²) in [4.78, 5) is 19.8. The highest BCUT2D eigenvalue weighted by molar-refractivity contribution is 5.72. The van der Waals surface area contributed by atoms with Crippen LogP contribution in [0.5, 0.6) is 0 Å². The van der Waals surface area contributed by atoms with E-state index < -0.39 is 24.1 Å². The summed E-state index contributed by atoms with van der Waals surface area (Å²) in [6.07, 6.45) is 0.775. The van der Waals surface area contributed by atoms with Crippen molar-refractivity contribution in [2.75, 3.05) is 0 Å². The van der Waals surface area contributed by atoms with E-state index in [1.807, 2.05) is 13.8 Å². The number of aliphatic hydroxyl groups is 2. The molecule has 0 saturated heterocycles. The van der Waals surface area contributed by atoms with Crippen LogP contribution in [0.3, 0.4) is 0 Å². The Morgan fingerprint density at radius 2 is 1.29 bits per heavy atom. The largest absolute Gasteiger partial charge is 0.479 e. The molecule has 0 aliphatic heterocycles. The summed E-state index contributed by atoms with van der Waals surface area (Å²) in [7, 11) is 0. The van der Waals surface area contributed by atoms with Gasteiger partial charge in [0.1, 0.15) is 0 Å². The lowest BCUT2D eigenvalue weighted by Gasteiger charge is -2.01. The van der Waals surface area contributed by atoms with Crippen molar-refractivity contribution in [3.05, 3.63) is 0 Å². The summed E-state index contributed by atoms with van der Waals surface area (Å²) in [5, 5.41) is 33.4. The van der Waals surface area contributed by atoms with Crippen LogP contribution in [0.15, 0.2) is 0 Å². The minimum absolute atomic E-state index is 0.343. The average molecular weight is 250 g/mol. The fourth-order valence-electron chi connectivity index (χ4n) is 0.918. The number of aliphatic hydroxyl groups excluding tert-OH is 2. The summed E-state index contributed by atoms with van der Waals surface area (Å²) >= 11 is 0. The molecule has 0 aromatic heterocycles. The summed E-state index contributed by atoms with van der Waals surface area (Å²) in [5.74, 6) is -2.25. The monoisotopic (exact) mass is 250 g/mol. The molecule has 0 aromatic rings. The molecule has 0 bridgehead atoms. The lowest BCUT2D eigenvalue weighted by molar-refractivity contribution is -0.147. The molecular formula is C11H22O6. The van der Waals surface area contributed by atoms with Gasteiger partial charge in [-0.05, 0) is 12.8 Å². The Morgan fingerprint density at radius 1 is 0.882 bits per heavy atom. The van der Waals surface area contributed by atoms with Crippen molar-refractivity contribution in [3.8, 4) is 0 Å². The fourth-order valence-corrected chi connectivity index (χ4v) is 0.918. The van der Waals surface area contributed by atoms with E-state index in [4.69, 9.17) is 20.4 Å². The van der Waals surface area contributed by atoms with Gasteiger partial charge < -0.3 is 20.4 Å². The van der Waals surface area contributed by atoms with Gasteiger partial charge in [0, 0.05) is 0 Å². The molecule has 0 fully saturated rings. The first-order valence-electron chi connectivity index (χ1n) is 5.68. The zero-order valence-electron chi connectivity index (χ0n) is 10.3. The highest BCUT2D eigenvalue weighted by atomic mass is 16.4. The molecule has 0 heterocycles. The van der Waals surface area contributed by atoms with Crippen LogP contribution < -0.4 is 0 Å². The molecule has 102 valence electrons. The molecule has 0 saturated carbocycles. The Balaban J connectivity index is 0. The van der Waals surface area contributed by atoms with Crippen LogP contribution in [0.2, 0.25) is 0 Å². The van der Waals surface area contributed by atoms with E-state index in [1.54, 1.807) is 0 Å². The Hall–Kier alpha value is -1.14. The van der Waals surface area contributed by atoms with Crippen LogP contribution in [0.4, 0.5) is 0 Å². The predicted octanol–water partition coefficient (Wildman–Crippen LogP) is 0.854. The van der Waals surface area contributed by atoms with E-state index in [0.717, 1.165) is 12.8 Å². The van der Waals surface area contributed by atoms with Gasteiger partial charge >= 0.3 is 11.9 Å². The number of carboxylic acid groups (broad SMARTS) is 2. The number of rotatable bonds is 7. The summed E-state index contributed by atoms with van der Waals surface area (Å²) < 4.78 is 0. The van der Waals surface area contributed by atoms with Gasteiger partial charge in [-0.25, -0.2) is 9.59 Å². The quantitative estimate of drug-likeness (QED) is 0.532. The molecule has 0 spiro atoms. The SMILES string of the molecule is CCCC(O)C(=O)O.CCCCC(O)C(=O)O. The molecule has 4 N–H and O–H groups in total. The van der Waals surface area contributed by atoms with Gasteiger partial charge in [-0.2, -0.15) is 0 Å². The standard InChI is InChI=1S/C6H12O3.C5H10O3/c1-2-3-4-5(7)6(8)9;1-2-3-4(6)5(7)8/h5,7H,2-4H2,1H3,(H,8,9);4,6H,2-3H2,1H3,(H,7,8). The second kappa shape index (κ2) is 11.3. The maximum absolute atomic E-state index is 9.96. The predicted molar refractivity (Wildman–Crippen MR) is 61.7 cm³/mol. The van der Waals surface area contributed by atoms with Gasteiger partial charge in [-0.1, -0.05) is 33.1 Å². The van der Waals surface area contributed by atoms with E-state index in [2.05, 4.69) is 0 Å². The first-order chi connectivity index (χ1) is 7.86. The zero-order chi connectivity index (χ0) is 13.8. The molecule has 6 heteroatoms. The number of aliphatic carboxylic acids is 2. The highest BCUT2D eigenvalue weighted by Crippen LogP contribution is 1.99. The minimum Gasteiger partial charge on any atom is -0.479 e. The average Bonchev–Trinajstić information content (AvgIpc) is 2.26. The van der Waals surface area contributed by atoms with E-state index in [9.17, 15) is 9.59 Å². The highest BCUT2D eigenvalue weighted by Gasteiger charge is 2.10. The number of hydrogen-bond acceptors (Lipinski definition) is 4. The van der Waals surface area contributed by atoms with Gasteiger partial charge in [-0.3, -0.25) is 0 Å². The Labute approximate surface area is 101 Å². The maximum atomic E-state index is 9.96. The molecule has 0 aromatic carbocycles. The minimum atomic E-state index is -1.17. The molecule has 0 amide bonds. The van der Waals surface area contributed by atoms with Crippen molar-refractivity contribution in [2.45, 2.75) is 58.2 Å². The number of hydrogen-bond donors (Lipinski definition) is 4. The van der Waals surface area contributed by atoms with Crippen molar-refractivity contribution in [1.29, 1.82) is 0 Å². The van der Waals surface area contributed by atoms with Crippen LogP contribution in [0.25, 0.3) is 0 Å². The summed E-state index contributed by atoms with van der Waals surface area (Å²) in [6.45, 7) is 3.78. The molecule has 17 heavy (non-hydrogen) atoms. The van der Waals surface area contributed by atoms with E-state index >= 15 is 0 Å². The molecular weight excluding hydrogens is 228 g/mol. The summed E-state index contributed by atoms with van der Waals surface area (Å²) in [5.41, 5.74) is 0. The maximum Gasteiger partial charge on any atom is 0.332 e. The Kier molecular flexibility index (Phi) is 12.2. The molecule has 0 rings (SSSR count). The zero-order valence-corrected chi connectivity index (χ0v) is 10.3. The number of carbonyl (C=O) groups is 2. The Bertz CT molecular complexity index is 216. The number of unbranched alkanes of at least 4 members (excludes halogenated alkanes) is 1. The second-order valence-electron chi connectivity index (χ2n) is 3.64. The molecule has 0 aliphatic carbocycles. The smallest absolute Gasteiger partial charge is 0.332 e. The van der Waals surface area contributed by atoms with Crippen molar-refractivity contribution in [1.82, 2.24) is 0 Å². The third-order valence-electron chi connectivity index (χ3n) is 1.96. The van der Waals surface area contributed by atoms with Crippen molar-refractivity contribution < 1.29 is 30.0 Å². The van der Waals surface area contributed by atoms with Gasteiger partial charge in [0.15, 0.2) is 12.2 Å². The van der Waals surface area contributed by atoms with Gasteiger partial charge in [0.25, 0.3) is 0 Å². The second-order valence-corrected chi connectivity index (χ2v) is 3.64. The summed E-state index contributed by atoms with van der Waals surface area (Å²) in [6, 6.07) is 0. The molecule has 2 unspecified atom stereocenters. The van der Waals surface area contributed by atoms with Gasteiger partial charge in [-0.15, -0.1) is 0 Å². The number of carboxylic acids is 2. The van der Waals surface area contributed by atoms with Crippen molar-refractivity contribution in [3.63, 3.8) is 0 Å². The molecule has 6 nitrogen and oxygen atoms in total. The van der Waals surface area contributed by atoms with Crippen molar-refractivity contribution in [2.24, 2.45) is 0 Å². The molecule has 0 aliphatic rings. The third-order valence-corrected chi connectivity index (χ3v) is 1.96. The van der Waals surface area contributed by atoms with E-state index in [0.29, 0.717) is 19.3 Å². The first kappa shape index (κ1) is 18.2. The van der Waals surface area contributed by atoms with E-state index in [1.165, 1.54) is 0 Å². The van der Waals surface area contributed by atoms with Crippen LogP contribution in [-0.4, -0.2) is 44.6 Å².